The summed E-state index contributed by atoms with van der Waals surface area (Å²) in [6.45, 7) is 2.36. The third kappa shape index (κ3) is 2.33. The van der Waals surface area contributed by atoms with Gasteiger partial charge in [0, 0.05) is 18.1 Å². The van der Waals surface area contributed by atoms with Crippen LogP contribution in [0.25, 0.3) is 0 Å². The fourth-order valence-electron chi connectivity index (χ4n) is 1.70. The lowest BCUT2D eigenvalue weighted by Crippen LogP contribution is -2.05. The molecule has 0 spiro atoms. The summed E-state index contributed by atoms with van der Waals surface area (Å²) in [6.07, 6.45) is 2.27. The number of hydrogen-bond acceptors (Lipinski definition) is 6. The fourth-order valence-corrected chi connectivity index (χ4v) is 2.23. The number of nitrogens with one attached hydrogen (secondary N) is 1. The second-order valence-corrected chi connectivity index (χ2v) is 4.67. The fraction of sp³-hybridized carbons (Fsp3) is 0.400. The minimum Gasteiger partial charge on any atom is -0.360 e. The summed E-state index contributed by atoms with van der Waals surface area (Å²) in [5.74, 6) is 0.435. The highest BCUT2D eigenvalue weighted by Gasteiger charge is 2.25. The van der Waals surface area contributed by atoms with Crippen molar-refractivity contribution in [2.75, 3.05) is 5.32 Å². The molecule has 0 radical (unpaired) electrons. The number of hydrogen-bond donors (Lipinski definition) is 1. The van der Waals surface area contributed by atoms with Crippen LogP contribution in [-0.4, -0.2) is 19.7 Å². The minimum absolute atomic E-state index is 0.0597. The molecular weight excluding hydrogens is 254 g/mol. The molecule has 0 atom stereocenters. The van der Waals surface area contributed by atoms with Crippen molar-refractivity contribution in [2.45, 2.75) is 19.9 Å². The molecule has 0 aliphatic rings. The first-order valence-corrected chi connectivity index (χ1v) is 6.33. The molecule has 0 amide bonds. The van der Waals surface area contributed by atoms with E-state index in [2.05, 4.69) is 15.4 Å². The maximum Gasteiger partial charge on any atom is 0.333 e. The quantitative estimate of drug-likeness (QED) is 0.661. The Balaban J connectivity index is 2.26. The molecule has 2 aromatic rings. The van der Waals surface area contributed by atoms with Crippen molar-refractivity contribution in [3.8, 4) is 0 Å². The second-order valence-electron chi connectivity index (χ2n) is 3.70. The van der Waals surface area contributed by atoms with E-state index >= 15 is 0 Å². The van der Waals surface area contributed by atoms with Crippen molar-refractivity contribution in [3.05, 3.63) is 32.4 Å². The number of thiazole rings is 1. The van der Waals surface area contributed by atoms with Gasteiger partial charge in [-0.2, -0.15) is 5.10 Å². The molecular formula is C10H13N5O2S. The maximum absolute atomic E-state index is 11.1. The van der Waals surface area contributed by atoms with Crippen molar-refractivity contribution in [3.63, 3.8) is 0 Å². The van der Waals surface area contributed by atoms with Crippen LogP contribution in [0.5, 0.6) is 0 Å². The zero-order chi connectivity index (χ0) is 13.1. The van der Waals surface area contributed by atoms with E-state index in [-0.39, 0.29) is 10.6 Å². The van der Waals surface area contributed by atoms with Gasteiger partial charge in [0.25, 0.3) is 0 Å². The van der Waals surface area contributed by atoms with Crippen molar-refractivity contribution >= 4 is 22.8 Å². The van der Waals surface area contributed by atoms with Crippen LogP contribution < -0.4 is 5.32 Å². The van der Waals surface area contributed by atoms with Crippen molar-refractivity contribution < 1.29 is 4.92 Å². The van der Waals surface area contributed by atoms with Gasteiger partial charge in [-0.3, -0.25) is 15.1 Å². The van der Waals surface area contributed by atoms with Crippen LogP contribution in [0.3, 0.4) is 0 Å². The molecule has 0 fully saturated rings. The Hall–Kier alpha value is -1.96. The second kappa shape index (κ2) is 5.13. The van der Waals surface area contributed by atoms with Crippen molar-refractivity contribution in [2.24, 2.45) is 7.05 Å². The minimum atomic E-state index is -0.388. The molecule has 2 rings (SSSR count). The first kappa shape index (κ1) is 12.5. The maximum atomic E-state index is 11.1. The van der Waals surface area contributed by atoms with Gasteiger partial charge in [0.1, 0.15) is 5.69 Å². The smallest absolute Gasteiger partial charge is 0.333 e. The number of nitrogens with zero attached hydrogens (tertiary/aromatic N) is 4. The van der Waals surface area contributed by atoms with Crippen LogP contribution in [0.4, 0.5) is 11.5 Å². The van der Waals surface area contributed by atoms with Gasteiger partial charge in [-0.25, -0.2) is 4.68 Å². The molecule has 0 aliphatic heterocycles. The lowest BCUT2D eigenvalue weighted by molar-refractivity contribution is -0.384. The number of aryl methyl sites for hydroxylation is 2. The molecule has 96 valence electrons. The van der Waals surface area contributed by atoms with Crippen LogP contribution in [-0.2, 0) is 20.0 Å². The standard InChI is InChI=1S/C10H13N5O2S/c1-3-8-9(15(16)17)10(14(2)13-8)12-5-7-4-11-6-18-7/h4,6,12H,3,5H2,1-2H3. The van der Waals surface area contributed by atoms with Gasteiger partial charge in [-0.15, -0.1) is 11.3 Å². The van der Waals surface area contributed by atoms with E-state index in [9.17, 15) is 10.1 Å². The van der Waals surface area contributed by atoms with E-state index in [1.54, 1.807) is 18.8 Å². The first-order chi connectivity index (χ1) is 8.63. The lowest BCUT2D eigenvalue weighted by Gasteiger charge is -2.03. The van der Waals surface area contributed by atoms with Crippen LogP contribution in [0.2, 0.25) is 0 Å². The van der Waals surface area contributed by atoms with Gasteiger partial charge in [0.2, 0.25) is 5.82 Å². The predicted octanol–water partition coefficient (Wildman–Crippen LogP) is 1.96. The Labute approximate surface area is 108 Å². The van der Waals surface area contributed by atoms with Gasteiger partial charge in [0.05, 0.1) is 17.0 Å². The summed E-state index contributed by atoms with van der Waals surface area (Å²) < 4.78 is 1.51. The van der Waals surface area contributed by atoms with E-state index in [0.717, 1.165) is 4.88 Å². The highest BCUT2D eigenvalue weighted by molar-refractivity contribution is 7.09. The number of rotatable bonds is 5. The number of nitro groups is 1. The Morgan fingerprint density at radius 3 is 2.94 bits per heavy atom. The Morgan fingerprint density at radius 2 is 2.39 bits per heavy atom. The number of aromatic nitrogens is 3. The van der Waals surface area contributed by atoms with E-state index in [0.29, 0.717) is 24.5 Å². The largest absolute Gasteiger partial charge is 0.360 e. The summed E-state index contributed by atoms with van der Waals surface area (Å²) >= 11 is 1.50. The molecule has 0 bridgehead atoms. The molecule has 0 saturated heterocycles. The number of anilines is 1. The van der Waals surface area contributed by atoms with Crippen molar-refractivity contribution in [1.29, 1.82) is 0 Å². The molecule has 2 heterocycles. The lowest BCUT2D eigenvalue weighted by atomic mass is 10.3. The average molecular weight is 267 g/mol. The van der Waals surface area contributed by atoms with Gasteiger partial charge < -0.3 is 5.32 Å². The molecule has 2 aromatic heterocycles. The third-order valence-corrected chi connectivity index (χ3v) is 3.30. The average Bonchev–Trinajstić information content (AvgIpc) is 2.93. The summed E-state index contributed by atoms with van der Waals surface area (Å²) in [7, 11) is 1.70. The van der Waals surface area contributed by atoms with Gasteiger partial charge in [-0.1, -0.05) is 6.92 Å². The predicted molar refractivity (Wildman–Crippen MR) is 68.7 cm³/mol. The summed E-state index contributed by atoms with van der Waals surface area (Å²) in [6, 6.07) is 0. The first-order valence-electron chi connectivity index (χ1n) is 5.45. The van der Waals surface area contributed by atoms with E-state index in [1.807, 2.05) is 6.92 Å². The zero-order valence-electron chi connectivity index (χ0n) is 10.1. The topological polar surface area (TPSA) is 85.9 Å². The molecule has 0 aliphatic carbocycles. The van der Waals surface area contributed by atoms with E-state index < -0.39 is 0 Å². The highest BCUT2D eigenvalue weighted by Crippen LogP contribution is 2.28. The zero-order valence-corrected chi connectivity index (χ0v) is 10.9. The molecule has 1 N–H and O–H groups in total. The molecule has 0 aromatic carbocycles. The third-order valence-electron chi connectivity index (χ3n) is 2.52. The normalized spacial score (nSPS) is 10.6. The van der Waals surface area contributed by atoms with Crippen LogP contribution in [0.1, 0.15) is 17.5 Å². The SMILES string of the molecule is CCc1nn(C)c(NCc2cncs2)c1[N+](=O)[O-]. The summed E-state index contributed by atoms with van der Waals surface area (Å²) in [4.78, 5) is 15.7. The molecule has 7 nitrogen and oxygen atoms in total. The van der Waals surface area contributed by atoms with Crippen LogP contribution >= 0.6 is 11.3 Å². The summed E-state index contributed by atoms with van der Waals surface area (Å²) in [5.41, 5.74) is 2.28. The molecule has 18 heavy (non-hydrogen) atoms. The Kier molecular flexibility index (Phi) is 3.56. The molecule has 0 saturated carbocycles. The highest BCUT2D eigenvalue weighted by atomic mass is 32.1. The van der Waals surface area contributed by atoms with Crippen LogP contribution in [0, 0.1) is 10.1 Å². The monoisotopic (exact) mass is 267 g/mol. The van der Waals surface area contributed by atoms with Gasteiger partial charge in [-0.05, 0) is 6.42 Å². The Bertz CT molecular complexity index is 549. The Morgan fingerprint density at radius 1 is 1.61 bits per heavy atom. The summed E-state index contributed by atoms with van der Waals surface area (Å²) in [5, 5.41) is 18.3. The van der Waals surface area contributed by atoms with Crippen LogP contribution in [0.15, 0.2) is 11.7 Å². The molecule has 8 heteroatoms. The van der Waals surface area contributed by atoms with E-state index in [1.165, 1.54) is 16.0 Å². The van der Waals surface area contributed by atoms with Gasteiger partial charge in [0.15, 0.2) is 0 Å². The molecule has 0 unspecified atom stereocenters. The van der Waals surface area contributed by atoms with Crippen molar-refractivity contribution in [1.82, 2.24) is 14.8 Å². The van der Waals surface area contributed by atoms with E-state index in [4.69, 9.17) is 0 Å². The van der Waals surface area contributed by atoms with Gasteiger partial charge >= 0.3 is 5.69 Å².